The minimum Gasteiger partial charge on any atom is -0.473 e. The number of aliphatic hydroxyl groups excluding tert-OH is 2. The Labute approximate surface area is 89.5 Å². The summed E-state index contributed by atoms with van der Waals surface area (Å²) in [5.74, 6) is 0.689. The van der Waals surface area contributed by atoms with Crippen LogP contribution in [0.4, 0.5) is 0 Å². The SMILES string of the molecule is CC(O)C(NCCO)Oc1ccccc1. The molecule has 84 valence electrons. The first-order chi connectivity index (χ1) is 7.24. The molecule has 0 radical (unpaired) electrons. The zero-order valence-electron chi connectivity index (χ0n) is 8.76. The Hall–Kier alpha value is -1.10. The van der Waals surface area contributed by atoms with Crippen molar-refractivity contribution in [1.82, 2.24) is 5.32 Å². The number of nitrogens with one attached hydrogen (secondary N) is 1. The third kappa shape index (κ3) is 4.29. The number of hydrogen-bond donors (Lipinski definition) is 3. The second-order valence-corrected chi connectivity index (χ2v) is 3.27. The Bertz CT molecular complexity index is 264. The summed E-state index contributed by atoms with van der Waals surface area (Å²) in [4.78, 5) is 0. The summed E-state index contributed by atoms with van der Waals surface area (Å²) in [6, 6.07) is 9.25. The van der Waals surface area contributed by atoms with Crippen LogP contribution in [0, 0.1) is 0 Å². The highest BCUT2D eigenvalue weighted by atomic mass is 16.5. The zero-order valence-corrected chi connectivity index (χ0v) is 8.76. The third-order valence-electron chi connectivity index (χ3n) is 1.90. The Morgan fingerprint density at radius 2 is 2.00 bits per heavy atom. The van der Waals surface area contributed by atoms with Gasteiger partial charge in [0.2, 0.25) is 0 Å². The van der Waals surface area contributed by atoms with E-state index in [0.717, 1.165) is 0 Å². The van der Waals surface area contributed by atoms with Crippen molar-refractivity contribution in [3.8, 4) is 5.75 Å². The molecule has 0 saturated carbocycles. The van der Waals surface area contributed by atoms with E-state index in [4.69, 9.17) is 9.84 Å². The molecule has 0 fully saturated rings. The number of aliphatic hydroxyl groups is 2. The monoisotopic (exact) mass is 211 g/mol. The molecule has 0 aliphatic rings. The van der Waals surface area contributed by atoms with E-state index in [0.29, 0.717) is 12.3 Å². The molecule has 4 nitrogen and oxygen atoms in total. The summed E-state index contributed by atoms with van der Waals surface area (Å²) in [5.41, 5.74) is 0. The molecule has 0 spiro atoms. The third-order valence-corrected chi connectivity index (χ3v) is 1.90. The summed E-state index contributed by atoms with van der Waals surface area (Å²) in [5, 5.41) is 21.0. The first-order valence-corrected chi connectivity index (χ1v) is 4.98. The van der Waals surface area contributed by atoms with Crippen LogP contribution >= 0.6 is 0 Å². The maximum Gasteiger partial charge on any atom is 0.176 e. The molecule has 2 atom stereocenters. The normalized spacial score (nSPS) is 14.6. The lowest BCUT2D eigenvalue weighted by molar-refractivity contribution is 0.0245. The predicted molar refractivity (Wildman–Crippen MR) is 57.6 cm³/mol. The smallest absolute Gasteiger partial charge is 0.176 e. The summed E-state index contributed by atoms with van der Waals surface area (Å²) in [6.45, 7) is 2.04. The minimum atomic E-state index is -0.642. The van der Waals surface area contributed by atoms with Gasteiger partial charge in [-0.3, -0.25) is 5.32 Å². The molecule has 0 aliphatic carbocycles. The van der Waals surface area contributed by atoms with Crippen LogP contribution in [-0.2, 0) is 0 Å². The van der Waals surface area contributed by atoms with Crippen LogP contribution in [0.2, 0.25) is 0 Å². The molecule has 1 aromatic carbocycles. The average molecular weight is 211 g/mol. The van der Waals surface area contributed by atoms with Crippen LogP contribution in [0.25, 0.3) is 0 Å². The molecule has 15 heavy (non-hydrogen) atoms. The maximum atomic E-state index is 9.43. The summed E-state index contributed by atoms with van der Waals surface area (Å²) < 4.78 is 5.51. The van der Waals surface area contributed by atoms with Crippen molar-refractivity contribution < 1.29 is 14.9 Å². The molecule has 0 saturated heterocycles. The molecule has 0 aromatic heterocycles. The van der Waals surface area contributed by atoms with E-state index in [1.54, 1.807) is 6.92 Å². The lowest BCUT2D eigenvalue weighted by atomic mass is 10.3. The number of benzene rings is 1. The van der Waals surface area contributed by atoms with E-state index < -0.39 is 12.3 Å². The van der Waals surface area contributed by atoms with Crippen molar-refractivity contribution in [3.63, 3.8) is 0 Å². The highest BCUT2D eigenvalue weighted by Crippen LogP contribution is 2.11. The molecule has 0 amide bonds. The fourth-order valence-electron chi connectivity index (χ4n) is 1.16. The van der Waals surface area contributed by atoms with Gasteiger partial charge in [-0.15, -0.1) is 0 Å². The van der Waals surface area contributed by atoms with Gasteiger partial charge in [-0.2, -0.15) is 0 Å². The van der Waals surface area contributed by atoms with Crippen LogP contribution in [-0.4, -0.2) is 35.7 Å². The van der Waals surface area contributed by atoms with E-state index in [1.165, 1.54) is 0 Å². The van der Waals surface area contributed by atoms with E-state index in [-0.39, 0.29) is 6.61 Å². The highest BCUT2D eigenvalue weighted by Gasteiger charge is 2.15. The van der Waals surface area contributed by atoms with Gasteiger partial charge in [0.25, 0.3) is 0 Å². The Morgan fingerprint density at radius 3 is 2.53 bits per heavy atom. The van der Waals surface area contributed by atoms with Crippen molar-refractivity contribution in [2.75, 3.05) is 13.2 Å². The van der Waals surface area contributed by atoms with Gasteiger partial charge in [-0.05, 0) is 19.1 Å². The van der Waals surface area contributed by atoms with Crippen LogP contribution in [0.3, 0.4) is 0 Å². The largest absolute Gasteiger partial charge is 0.473 e. The molecule has 4 heteroatoms. The Balaban J connectivity index is 2.51. The van der Waals surface area contributed by atoms with Gasteiger partial charge in [0.15, 0.2) is 6.23 Å². The average Bonchev–Trinajstić information content (AvgIpc) is 2.25. The van der Waals surface area contributed by atoms with Gasteiger partial charge >= 0.3 is 0 Å². The maximum absolute atomic E-state index is 9.43. The van der Waals surface area contributed by atoms with Crippen LogP contribution in [0.15, 0.2) is 30.3 Å². The molecule has 3 N–H and O–H groups in total. The first kappa shape index (κ1) is 12.0. The number of ether oxygens (including phenoxy) is 1. The Kier molecular flexibility index (Phi) is 5.10. The summed E-state index contributed by atoms with van der Waals surface area (Å²) in [7, 11) is 0. The first-order valence-electron chi connectivity index (χ1n) is 4.98. The van der Waals surface area contributed by atoms with E-state index in [1.807, 2.05) is 30.3 Å². The number of rotatable bonds is 6. The van der Waals surface area contributed by atoms with Crippen molar-refractivity contribution in [2.45, 2.75) is 19.3 Å². The van der Waals surface area contributed by atoms with Crippen LogP contribution in [0.5, 0.6) is 5.75 Å². The standard InChI is InChI=1S/C11H17NO3/c1-9(14)11(12-7-8-13)15-10-5-3-2-4-6-10/h2-6,9,11-14H,7-8H2,1H3. The van der Waals surface area contributed by atoms with E-state index in [2.05, 4.69) is 5.32 Å². The van der Waals surface area contributed by atoms with Gasteiger partial charge in [-0.1, -0.05) is 18.2 Å². The lowest BCUT2D eigenvalue weighted by Crippen LogP contribution is -2.44. The fourth-order valence-corrected chi connectivity index (χ4v) is 1.16. The quantitative estimate of drug-likeness (QED) is 0.594. The van der Waals surface area contributed by atoms with Crippen molar-refractivity contribution >= 4 is 0 Å². The molecule has 0 heterocycles. The van der Waals surface area contributed by atoms with Crippen LogP contribution in [0.1, 0.15) is 6.92 Å². The van der Waals surface area contributed by atoms with Gasteiger partial charge in [-0.25, -0.2) is 0 Å². The lowest BCUT2D eigenvalue weighted by Gasteiger charge is -2.22. The molecule has 1 rings (SSSR count). The summed E-state index contributed by atoms with van der Waals surface area (Å²) in [6.07, 6.45) is -1.14. The van der Waals surface area contributed by atoms with Gasteiger partial charge in [0.1, 0.15) is 11.9 Å². The molecule has 0 bridgehead atoms. The van der Waals surface area contributed by atoms with E-state index >= 15 is 0 Å². The minimum absolute atomic E-state index is 0.0152. The second kappa shape index (κ2) is 6.40. The molecule has 1 aromatic rings. The molecular weight excluding hydrogens is 194 g/mol. The van der Waals surface area contributed by atoms with E-state index in [9.17, 15) is 5.11 Å². The van der Waals surface area contributed by atoms with Crippen molar-refractivity contribution in [3.05, 3.63) is 30.3 Å². The van der Waals surface area contributed by atoms with Crippen molar-refractivity contribution in [1.29, 1.82) is 0 Å². The Morgan fingerprint density at radius 1 is 1.33 bits per heavy atom. The predicted octanol–water partition coefficient (Wildman–Crippen LogP) is 0.354. The topological polar surface area (TPSA) is 61.7 Å². The zero-order chi connectivity index (χ0) is 11.1. The second-order valence-electron chi connectivity index (χ2n) is 3.27. The van der Waals surface area contributed by atoms with Gasteiger partial charge < -0.3 is 14.9 Å². The fraction of sp³-hybridized carbons (Fsp3) is 0.455. The molecular formula is C11H17NO3. The molecule has 2 unspecified atom stereocenters. The number of para-hydroxylation sites is 1. The van der Waals surface area contributed by atoms with Gasteiger partial charge in [0.05, 0.1) is 6.61 Å². The number of hydrogen-bond acceptors (Lipinski definition) is 4. The molecule has 0 aliphatic heterocycles. The van der Waals surface area contributed by atoms with Crippen molar-refractivity contribution in [2.24, 2.45) is 0 Å². The van der Waals surface area contributed by atoms with Gasteiger partial charge in [0, 0.05) is 6.54 Å². The highest BCUT2D eigenvalue weighted by molar-refractivity contribution is 5.21. The summed E-state index contributed by atoms with van der Waals surface area (Å²) >= 11 is 0. The van der Waals surface area contributed by atoms with Crippen LogP contribution < -0.4 is 10.1 Å².